The zero-order chi connectivity index (χ0) is 25.7. The second kappa shape index (κ2) is 11.3. The second-order valence-corrected chi connectivity index (χ2v) is 9.11. The summed E-state index contributed by atoms with van der Waals surface area (Å²) in [5.41, 5.74) is -0.349. The average molecular weight is 506 g/mol. The van der Waals surface area contributed by atoms with Crippen LogP contribution in [0.3, 0.4) is 0 Å². The Hall–Kier alpha value is -3.54. The molecule has 35 heavy (non-hydrogen) atoms. The van der Waals surface area contributed by atoms with Crippen molar-refractivity contribution >= 4 is 35.5 Å². The van der Waals surface area contributed by atoms with Gasteiger partial charge in [0.1, 0.15) is 18.6 Å². The Morgan fingerprint density at radius 1 is 1.14 bits per heavy atom. The molecule has 0 unspecified atom stereocenters. The van der Waals surface area contributed by atoms with Gasteiger partial charge in [-0.1, -0.05) is 51.1 Å². The summed E-state index contributed by atoms with van der Waals surface area (Å²) in [6, 6.07) is 7.72. The van der Waals surface area contributed by atoms with Crippen molar-refractivity contribution in [2.24, 2.45) is 11.8 Å². The molecule has 1 aliphatic heterocycles. The monoisotopic (exact) mass is 505 g/mol. The van der Waals surface area contributed by atoms with E-state index in [1.165, 1.54) is 6.92 Å². The molecule has 0 bridgehead atoms. The van der Waals surface area contributed by atoms with E-state index in [4.69, 9.17) is 14.2 Å². The van der Waals surface area contributed by atoms with E-state index in [2.05, 4.69) is 14.1 Å². The number of hydrogen-bond donors (Lipinski definition) is 2. The highest BCUT2D eigenvalue weighted by Crippen LogP contribution is 2.33. The molecule has 0 radical (unpaired) electrons. The van der Waals surface area contributed by atoms with Crippen molar-refractivity contribution in [3.63, 3.8) is 0 Å². The van der Waals surface area contributed by atoms with Crippen LogP contribution < -0.4 is 10.9 Å². The fourth-order valence-electron chi connectivity index (χ4n) is 3.65. The van der Waals surface area contributed by atoms with Gasteiger partial charge in [0, 0.05) is 11.7 Å². The van der Waals surface area contributed by atoms with Gasteiger partial charge in [0.05, 0.1) is 5.92 Å². The number of esters is 3. The molecule has 188 valence electrons. The predicted octanol–water partition coefficient (Wildman–Crippen LogP) is 1.41. The molecule has 1 amide bonds. The van der Waals surface area contributed by atoms with Crippen LogP contribution in [0.2, 0.25) is 0 Å². The molecule has 2 N–H and O–H groups in total. The summed E-state index contributed by atoms with van der Waals surface area (Å²) in [5, 5.41) is 2.32. The molecule has 11 nitrogen and oxygen atoms in total. The number of aromatic nitrogens is 2. The first-order valence-corrected chi connectivity index (χ1v) is 11.8. The van der Waals surface area contributed by atoms with Crippen LogP contribution in [0.15, 0.2) is 35.1 Å². The number of ether oxygens (including phenoxy) is 3. The zero-order valence-electron chi connectivity index (χ0n) is 19.7. The lowest BCUT2D eigenvalue weighted by Crippen LogP contribution is -2.47. The molecule has 0 saturated carbocycles. The molecular formula is C23H27N3O8S. The van der Waals surface area contributed by atoms with Gasteiger partial charge in [0.15, 0.2) is 12.1 Å². The normalized spacial score (nSPS) is 23.8. The van der Waals surface area contributed by atoms with Gasteiger partial charge in [-0.05, 0) is 18.4 Å². The second-order valence-electron chi connectivity index (χ2n) is 8.54. The summed E-state index contributed by atoms with van der Waals surface area (Å²) in [5.74, 6) is -5.08. The molecule has 1 fully saturated rings. The maximum absolute atomic E-state index is 13.3. The topological polar surface area (TPSA) is 154 Å². The zero-order valence-corrected chi connectivity index (χ0v) is 20.5. The smallest absolute Gasteiger partial charge is 0.332 e. The molecular weight excluding hydrogens is 478 g/mol. The number of aromatic amines is 1. The number of nitrogens with zero attached hydrogens (tertiary/aromatic N) is 1. The summed E-state index contributed by atoms with van der Waals surface area (Å²) >= 11 is 0.680. The first-order chi connectivity index (χ1) is 16.6. The van der Waals surface area contributed by atoms with Crippen LogP contribution in [0.1, 0.15) is 49.7 Å². The summed E-state index contributed by atoms with van der Waals surface area (Å²) in [6.07, 6.45) is -2.19. The van der Waals surface area contributed by atoms with E-state index in [1.54, 1.807) is 20.8 Å². The Morgan fingerprint density at radius 2 is 1.83 bits per heavy atom. The molecule has 1 aromatic heterocycles. The largest absolute Gasteiger partial charge is 0.463 e. The van der Waals surface area contributed by atoms with Crippen LogP contribution in [0.4, 0.5) is 0 Å². The number of amides is 1. The average Bonchev–Trinajstić information content (AvgIpc) is 3.27. The maximum Gasteiger partial charge on any atom is 0.332 e. The SMILES string of the molecule is CC(C)C(=O)O[C@@H]1[C@@H]([C@H](C)c2ccccc2)C(=O)OC[C@H](NC(=O)c2ns[nH]c2=O)C(=O)O[C@H]1C. The van der Waals surface area contributed by atoms with Gasteiger partial charge in [-0.3, -0.25) is 23.6 Å². The number of H-pyrrole nitrogens is 1. The van der Waals surface area contributed by atoms with E-state index in [0.29, 0.717) is 11.7 Å². The fraction of sp³-hybridized carbons (Fsp3) is 0.478. The number of nitrogens with one attached hydrogen (secondary N) is 2. The lowest BCUT2D eigenvalue weighted by Gasteiger charge is -2.33. The molecule has 0 aliphatic carbocycles. The van der Waals surface area contributed by atoms with Crippen molar-refractivity contribution in [2.75, 3.05) is 6.61 Å². The molecule has 12 heteroatoms. The Labute approximate surface area is 205 Å². The molecule has 1 aliphatic rings. The van der Waals surface area contributed by atoms with Gasteiger partial charge in [-0.15, -0.1) is 0 Å². The number of carbonyl (C=O) groups excluding carboxylic acids is 4. The Morgan fingerprint density at radius 3 is 2.43 bits per heavy atom. The Kier molecular flexibility index (Phi) is 8.39. The third-order valence-electron chi connectivity index (χ3n) is 5.67. The van der Waals surface area contributed by atoms with Crippen LogP contribution in [0, 0.1) is 11.8 Å². The van der Waals surface area contributed by atoms with Crippen molar-refractivity contribution in [1.82, 2.24) is 14.1 Å². The Bertz CT molecular complexity index is 1130. The summed E-state index contributed by atoms with van der Waals surface area (Å²) < 4.78 is 22.6. The number of benzene rings is 1. The van der Waals surface area contributed by atoms with E-state index in [9.17, 15) is 24.0 Å². The highest BCUT2D eigenvalue weighted by atomic mass is 32.1. The van der Waals surface area contributed by atoms with Gasteiger partial charge in [-0.25, -0.2) is 4.79 Å². The van der Waals surface area contributed by atoms with Gasteiger partial charge < -0.3 is 19.5 Å². The fourth-order valence-corrected chi connectivity index (χ4v) is 4.13. The van der Waals surface area contributed by atoms with Gasteiger partial charge in [0.2, 0.25) is 5.69 Å². The van der Waals surface area contributed by atoms with Crippen molar-refractivity contribution in [1.29, 1.82) is 0 Å². The van der Waals surface area contributed by atoms with Crippen LogP contribution in [0.5, 0.6) is 0 Å². The van der Waals surface area contributed by atoms with E-state index in [0.717, 1.165) is 5.56 Å². The lowest BCUT2D eigenvalue weighted by atomic mass is 9.82. The van der Waals surface area contributed by atoms with Crippen LogP contribution >= 0.6 is 11.7 Å². The number of carbonyl (C=O) groups is 4. The number of cyclic esters (lactones) is 2. The standard InChI is InChI=1S/C23H27N3O8S/c1-11(2)21(29)34-18-13(4)33-22(30)15(24-19(27)17-20(28)26-35-25-17)10-32-23(31)16(18)12(3)14-8-6-5-7-9-14/h5-9,11-13,15-16,18H,10H2,1-4H3,(H,24,27)(H,26,28)/t12-,13+,15+,16-,18+/m1/s1. The van der Waals surface area contributed by atoms with Crippen LogP contribution in [0.25, 0.3) is 0 Å². The molecule has 2 heterocycles. The highest BCUT2D eigenvalue weighted by Gasteiger charge is 2.45. The van der Waals surface area contributed by atoms with Crippen molar-refractivity contribution in [2.45, 2.75) is 51.9 Å². The Balaban J connectivity index is 1.92. The van der Waals surface area contributed by atoms with Crippen LogP contribution in [-0.4, -0.2) is 57.4 Å². The summed E-state index contributed by atoms with van der Waals surface area (Å²) in [7, 11) is 0. The highest BCUT2D eigenvalue weighted by molar-refractivity contribution is 6.99. The maximum atomic E-state index is 13.3. The quantitative estimate of drug-likeness (QED) is 0.438. The van der Waals surface area contributed by atoms with E-state index in [1.807, 2.05) is 30.3 Å². The molecule has 2 aromatic rings. The number of rotatable bonds is 6. The molecule has 5 atom stereocenters. The molecule has 3 rings (SSSR count). The van der Waals surface area contributed by atoms with Crippen LogP contribution in [-0.2, 0) is 28.6 Å². The molecule has 1 saturated heterocycles. The number of hydrogen-bond acceptors (Lipinski definition) is 10. The molecule has 1 aromatic carbocycles. The lowest BCUT2D eigenvalue weighted by molar-refractivity contribution is -0.177. The van der Waals surface area contributed by atoms with Crippen molar-refractivity contribution in [3.8, 4) is 0 Å². The third kappa shape index (κ3) is 6.13. The minimum atomic E-state index is -1.40. The van der Waals surface area contributed by atoms with Crippen molar-refractivity contribution in [3.05, 3.63) is 51.9 Å². The minimum Gasteiger partial charge on any atom is -0.463 e. The predicted molar refractivity (Wildman–Crippen MR) is 124 cm³/mol. The van der Waals surface area contributed by atoms with E-state index in [-0.39, 0.29) is 0 Å². The van der Waals surface area contributed by atoms with Crippen molar-refractivity contribution < 1.29 is 33.4 Å². The van der Waals surface area contributed by atoms with Gasteiger partial charge in [0.25, 0.3) is 11.5 Å². The van der Waals surface area contributed by atoms with Gasteiger partial charge in [-0.2, -0.15) is 4.37 Å². The third-order valence-corrected chi connectivity index (χ3v) is 6.22. The van der Waals surface area contributed by atoms with E-state index < -0.39 is 77.7 Å². The summed E-state index contributed by atoms with van der Waals surface area (Å²) in [4.78, 5) is 62.8. The minimum absolute atomic E-state index is 0.429. The summed E-state index contributed by atoms with van der Waals surface area (Å²) in [6.45, 7) is 6.05. The van der Waals surface area contributed by atoms with E-state index >= 15 is 0 Å². The molecule has 0 spiro atoms. The first kappa shape index (κ1) is 26.1. The first-order valence-electron chi connectivity index (χ1n) is 11.1. The van der Waals surface area contributed by atoms with Gasteiger partial charge >= 0.3 is 17.9 Å².